The number of hydrogen-bond acceptors (Lipinski definition) is 5. The Balaban J connectivity index is 1.94. The van der Waals surface area contributed by atoms with Gasteiger partial charge < -0.3 is 18.9 Å². The lowest BCUT2D eigenvalue weighted by Gasteiger charge is -2.21. The Kier molecular flexibility index (Phi) is 8.09. The lowest BCUT2D eigenvalue weighted by molar-refractivity contribution is -0.143. The molecule has 1 atom stereocenters. The highest BCUT2D eigenvalue weighted by Gasteiger charge is 2.15. The Morgan fingerprint density at radius 3 is 2.92 bits per heavy atom. The highest BCUT2D eigenvalue weighted by atomic mass is 35.5. The second-order valence-corrected chi connectivity index (χ2v) is 6.24. The van der Waals surface area contributed by atoms with Crippen molar-refractivity contribution in [3.63, 3.8) is 0 Å². The van der Waals surface area contributed by atoms with E-state index in [1.165, 1.54) is 6.08 Å². The van der Waals surface area contributed by atoms with Gasteiger partial charge in [-0.05, 0) is 49.5 Å². The fraction of sp³-hybridized carbons (Fsp3) is 0.526. The third-order valence-corrected chi connectivity index (χ3v) is 4.08. The van der Waals surface area contributed by atoms with Crippen LogP contribution in [0.5, 0.6) is 11.5 Å². The molecule has 1 aromatic carbocycles. The zero-order chi connectivity index (χ0) is 18.1. The zero-order valence-electron chi connectivity index (χ0n) is 14.8. The Bertz CT molecular complexity index is 594. The van der Waals surface area contributed by atoms with E-state index in [1.807, 2.05) is 6.92 Å². The number of ether oxygens (including phenoxy) is 4. The van der Waals surface area contributed by atoms with E-state index in [0.29, 0.717) is 23.1 Å². The second-order valence-electron chi connectivity index (χ2n) is 5.83. The highest BCUT2D eigenvalue weighted by Crippen LogP contribution is 2.36. The first-order chi connectivity index (χ1) is 12.1. The zero-order valence-corrected chi connectivity index (χ0v) is 15.5. The van der Waals surface area contributed by atoms with Crippen molar-refractivity contribution in [2.24, 2.45) is 0 Å². The molecular weight excluding hydrogens is 344 g/mol. The van der Waals surface area contributed by atoms with Crippen molar-refractivity contribution in [1.29, 1.82) is 0 Å². The summed E-state index contributed by atoms with van der Waals surface area (Å²) in [6.45, 7) is 3.60. The third-order valence-electron chi connectivity index (χ3n) is 3.80. The molecule has 6 heteroatoms. The molecule has 2 rings (SSSR count). The number of methoxy groups -OCH3 is 1. The smallest absolute Gasteiger partial charge is 0.330 e. The minimum atomic E-state index is -0.407. The van der Waals surface area contributed by atoms with Gasteiger partial charge in [0.2, 0.25) is 0 Å². The van der Waals surface area contributed by atoms with Crippen molar-refractivity contribution in [2.45, 2.75) is 38.7 Å². The van der Waals surface area contributed by atoms with Crippen LogP contribution in [0.3, 0.4) is 0 Å². The van der Waals surface area contributed by atoms with Crippen LogP contribution in [0.1, 0.15) is 38.2 Å². The van der Waals surface area contributed by atoms with Gasteiger partial charge >= 0.3 is 5.97 Å². The predicted molar refractivity (Wildman–Crippen MR) is 97.4 cm³/mol. The van der Waals surface area contributed by atoms with Gasteiger partial charge in [-0.25, -0.2) is 4.79 Å². The first-order valence-corrected chi connectivity index (χ1v) is 8.98. The maximum atomic E-state index is 11.9. The summed E-state index contributed by atoms with van der Waals surface area (Å²) < 4.78 is 21.7. The minimum Gasteiger partial charge on any atom is -0.493 e. The van der Waals surface area contributed by atoms with Crippen molar-refractivity contribution in [2.75, 3.05) is 26.9 Å². The number of benzene rings is 1. The molecule has 1 heterocycles. The molecule has 1 unspecified atom stereocenters. The Morgan fingerprint density at radius 1 is 1.40 bits per heavy atom. The maximum Gasteiger partial charge on any atom is 0.330 e. The number of carbonyl (C=O) groups excluding carboxylic acids is 1. The quantitative estimate of drug-likeness (QED) is 0.506. The van der Waals surface area contributed by atoms with E-state index < -0.39 is 5.97 Å². The largest absolute Gasteiger partial charge is 0.493 e. The van der Waals surface area contributed by atoms with Gasteiger partial charge in [-0.3, -0.25) is 0 Å². The van der Waals surface area contributed by atoms with Gasteiger partial charge in [0.1, 0.15) is 6.61 Å². The van der Waals surface area contributed by atoms with Gasteiger partial charge in [-0.15, -0.1) is 0 Å². The maximum absolute atomic E-state index is 11.9. The first kappa shape index (κ1) is 19.6. The molecule has 0 spiro atoms. The monoisotopic (exact) mass is 368 g/mol. The average molecular weight is 369 g/mol. The Labute approximate surface area is 153 Å². The molecule has 0 bridgehead atoms. The molecule has 0 aromatic heterocycles. The van der Waals surface area contributed by atoms with E-state index in [2.05, 4.69) is 0 Å². The molecule has 138 valence electrons. The summed E-state index contributed by atoms with van der Waals surface area (Å²) in [4.78, 5) is 11.9. The molecule has 1 aliphatic heterocycles. The summed E-state index contributed by atoms with van der Waals surface area (Å²) in [7, 11) is 1.55. The Hall–Kier alpha value is -1.72. The number of carbonyl (C=O) groups is 1. The molecule has 1 fully saturated rings. The molecule has 1 aromatic rings. The molecule has 25 heavy (non-hydrogen) atoms. The molecule has 0 aliphatic carbocycles. The van der Waals surface area contributed by atoms with E-state index in [4.69, 9.17) is 30.5 Å². The van der Waals surface area contributed by atoms with Gasteiger partial charge in [0.05, 0.1) is 24.8 Å². The minimum absolute atomic E-state index is 0.00985. The first-order valence-electron chi connectivity index (χ1n) is 8.60. The van der Waals surface area contributed by atoms with Gasteiger partial charge in [-0.2, -0.15) is 0 Å². The molecule has 5 nitrogen and oxygen atoms in total. The molecular formula is C19H25ClO5. The van der Waals surface area contributed by atoms with E-state index in [9.17, 15) is 4.79 Å². The molecule has 0 amide bonds. The van der Waals surface area contributed by atoms with Crippen LogP contribution in [-0.4, -0.2) is 39.0 Å². The summed E-state index contributed by atoms with van der Waals surface area (Å²) in [6.07, 6.45) is 7.02. The number of esters is 1. The molecule has 0 saturated carbocycles. The second kappa shape index (κ2) is 10.3. The van der Waals surface area contributed by atoms with Gasteiger partial charge in [0.15, 0.2) is 11.5 Å². The van der Waals surface area contributed by atoms with Crippen LogP contribution in [0.4, 0.5) is 0 Å². The average Bonchev–Trinajstić information content (AvgIpc) is 2.64. The molecule has 1 saturated heterocycles. The van der Waals surface area contributed by atoms with Crippen LogP contribution in [-0.2, 0) is 14.3 Å². The number of rotatable bonds is 8. The lowest BCUT2D eigenvalue weighted by atomic mass is 10.1. The van der Waals surface area contributed by atoms with Crippen LogP contribution in [0.25, 0.3) is 6.08 Å². The van der Waals surface area contributed by atoms with Crippen LogP contribution < -0.4 is 9.47 Å². The predicted octanol–water partition coefficient (Wildman–Crippen LogP) is 4.26. The molecule has 1 aliphatic rings. The standard InChI is InChI=1S/C19H25ClO5/c1-3-9-24-19-16(20)11-14(12-17(19)22-2)7-8-18(21)25-13-15-6-4-5-10-23-15/h7-8,11-12,15H,3-6,9-10,13H2,1-2H3. The summed E-state index contributed by atoms with van der Waals surface area (Å²) in [5, 5.41) is 0.441. The van der Waals surface area contributed by atoms with Gasteiger partial charge in [-0.1, -0.05) is 18.5 Å². The van der Waals surface area contributed by atoms with Gasteiger partial charge in [0, 0.05) is 12.7 Å². The highest BCUT2D eigenvalue weighted by molar-refractivity contribution is 6.32. The van der Waals surface area contributed by atoms with Gasteiger partial charge in [0.25, 0.3) is 0 Å². The van der Waals surface area contributed by atoms with Crippen molar-refractivity contribution in [1.82, 2.24) is 0 Å². The van der Waals surface area contributed by atoms with Crippen molar-refractivity contribution >= 4 is 23.6 Å². The van der Waals surface area contributed by atoms with Crippen molar-refractivity contribution in [3.8, 4) is 11.5 Å². The van der Waals surface area contributed by atoms with Crippen LogP contribution in [0.15, 0.2) is 18.2 Å². The number of hydrogen-bond donors (Lipinski definition) is 0. The topological polar surface area (TPSA) is 54.0 Å². The summed E-state index contributed by atoms with van der Waals surface area (Å²) in [5.41, 5.74) is 0.733. The summed E-state index contributed by atoms with van der Waals surface area (Å²) in [5.74, 6) is 0.639. The van der Waals surface area contributed by atoms with Crippen LogP contribution in [0.2, 0.25) is 5.02 Å². The molecule has 0 N–H and O–H groups in total. The third kappa shape index (κ3) is 6.25. The van der Waals surface area contributed by atoms with E-state index >= 15 is 0 Å². The van der Waals surface area contributed by atoms with Crippen molar-refractivity contribution < 1.29 is 23.7 Å². The molecule has 0 radical (unpaired) electrons. The summed E-state index contributed by atoms with van der Waals surface area (Å²) >= 11 is 6.26. The van der Waals surface area contributed by atoms with E-state index in [-0.39, 0.29) is 12.7 Å². The normalized spacial score (nSPS) is 17.5. The van der Waals surface area contributed by atoms with Crippen LogP contribution >= 0.6 is 11.6 Å². The van der Waals surface area contributed by atoms with E-state index in [1.54, 1.807) is 25.3 Å². The fourth-order valence-electron chi connectivity index (χ4n) is 2.51. The summed E-state index contributed by atoms with van der Waals surface area (Å²) in [6, 6.07) is 3.49. The SMILES string of the molecule is CCCOc1c(Cl)cc(C=CC(=O)OCC2CCCCO2)cc1OC. The van der Waals surface area contributed by atoms with Crippen molar-refractivity contribution in [3.05, 3.63) is 28.8 Å². The van der Waals surface area contributed by atoms with Crippen LogP contribution in [0, 0.1) is 0 Å². The van der Waals surface area contributed by atoms with E-state index in [0.717, 1.165) is 37.9 Å². The lowest BCUT2D eigenvalue weighted by Crippen LogP contribution is -2.25. The Morgan fingerprint density at radius 2 is 2.24 bits per heavy atom. The fourth-order valence-corrected chi connectivity index (χ4v) is 2.78. The number of halogens is 1.